The SMILES string of the molecule is Cc1ccc2c(c1)nc(N)n2-c1ccc(C#N)cc1F. The molecule has 1 aromatic heterocycles. The number of nitrogens with zero attached hydrogens (tertiary/aromatic N) is 3. The molecule has 5 heteroatoms. The molecule has 98 valence electrons. The number of hydrogen-bond acceptors (Lipinski definition) is 3. The second-order valence-corrected chi connectivity index (χ2v) is 4.58. The summed E-state index contributed by atoms with van der Waals surface area (Å²) in [6.07, 6.45) is 0. The van der Waals surface area contributed by atoms with Gasteiger partial charge in [0, 0.05) is 0 Å². The van der Waals surface area contributed by atoms with Gasteiger partial charge in [0.15, 0.2) is 0 Å². The highest BCUT2D eigenvalue weighted by Crippen LogP contribution is 2.25. The average Bonchev–Trinajstić information content (AvgIpc) is 2.73. The molecule has 0 saturated carbocycles. The van der Waals surface area contributed by atoms with Crippen LogP contribution in [0.15, 0.2) is 36.4 Å². The predicted octanol–water partition coefficient (Wildman–Crippen LogP) is 2.93. The van der Waals surface area contributed by atoms with E-state index < -0.39 is 5.82 Å². The molecule has 0 aliphatic carbocycles. The maximum Gasteiger partial charge on any atom is 0.206 e. The molecule has 0 unspecified atom stereocenters. The van der Waals surface area contributed by atoms with Gasteiger partial charge in [-0.3, -0.25) is 4.57 Å². The lowest BCUT2D eigenvalue weighted by atomic mass is 10.2. The summed E-state index contributed by atoms with van der Waals surface area (Å²) in [5, 5.41) is 8.78. The second-order valence-electron chi connectivity index (χ2n) is 4.58. The number of rotatable bonds is 1. The van der Waals surface area contributed by atoms with Crippen LogP contribution >= 0.6 is 0 Å². The molecule has 0 aliphatic heterocycles. The summed E-state index contributed by atoms with van der Waals surface area (Å²) in [7, 11) is 0. The van der Waals surface area contributed by atoms with Gasteiger partial charge < -0.3 is 5.73 Å². The first-order valence-corrected chi connectivity index (χ1v) is 6.05. The summed E-state index contributed by atoms with van der Waals surface area (Å²) in [5.74, 6) is -0.287. The fraction of sp³-hybridized carbons (Fsp3) is 0.0667. The Morgan fingerprint density at radius 1 is 1.25 bits per heavy atom. The number of aromatic nitrogens is 2. The fourth-order valence-corrected chi connectivity index (χ4v) is 2.22. The van der Waals surface area contributed by atoms with Gasteiger partial charge in [-0.1, -0.05) is 6.07 Å². The van der Waals surface area contributed by atoms with E-state index in [9.17, 15) is 4.39 Å². The van der Waals surface area contributed by atoms with Gasteiger partial charge in [-0.05, 0) is 42.8 Å². The summed E-state index contributed by atoms with van der Waals surface area (Å²) in [6, 6.07) is 11.8. The van der Waals surface area contributed by atoms with Crippen LogP contribution in [0.2, 0.25) is 0 Å². The van der Waals surface area contributed by atoms with Crippen LogP contribution in [0.5, 0.6) is 0 Å². The minimum absolute atomic E-state index is 0.217. The number of benzene rings is 2. The number of nitrogen functional groups attached to an aromatic ring is 1. The van der Waals surface area contributed by atoms with Crippen LogP contribution < -0.4 is 5.73 Å². The van der Waals surface area contributed by atoms with E-state index >= 15 is 0 Å². The number of halogens is 1. The number of aryl methyl sites for hydroxylation is 1. The first kappa shape index (κ1) is 12.2. The van der Waals surface area contributed by atoms with Crippen molar-refractivity contribution in [3.8, 4) is 11.8 Å². The number of hydrogen-bond donors (Lipinski definition) is 1. The quantitative estimate of drug-likeness (QED) is 0.736. The summed E-state index contributed by atoms with van der Waals surface area (Å²) in [4.78, 5) is 4.24. The average molecular weight is 266 g/mol. The molecule has 0 saturated heterocycles. The van der Waals surface area contributed by atoms with Gasteiger partial charge in [-0.25, -0.2) is 9.37 Å². The zero-order chi connectivity index (χ0) is 14.3. The van der Waals surface area contributed by atoms with Gasteiger partial charge in [0.2, 0.25) is 5.95 Å². The van der Waals surface area contributed by atoms with Crippen molar-refractivity contribution in [2.24, 2.45) is 0 Å². The molecule has 4 nitrogen and oxygen atoms in total. The topological polar surface area (TPSA) is 67.6 Å². The largest absolute Gasteiger partial charge is 0.369 e. The first-order chi connectivity index (χ1) is 9.60. The molecule has 3 rings (SSSR count). The molecule has 0 fully saturated rings. The molecule has 0 aliphatic rings. The third-order valence-corrected chi connectivity index (χ3v) is 3.15. The predicted molar refractivity (Wildman–Crippen MR) is 74.9 cm³/mol. The van der Waals surface area contributed by atoms with E-state index in [0.717, 1.165) is 11.1 Å². The van der Waals surface area contributed by atoms with Crippen molar-refractivity contribution >= 4 is 17.0 Å². The van der Waals surface area contributed by atoms with E-state index in [4.69, 9.17) is 11.0 Å². The molecule has 3 aromatic rings. The summed E-state index contributed by atoms with van der Waals surface area (Å²) in [6.45, 7) is 1.96. The molecule has 0 spiro atoms. The lowest BCUT2D eigenvalue weighted by Crippen LogP contribution is -2.03. The van der Waals surface area contributed by atoms with E-state index in [0.29, 0.717) is 5.52 Å². The Hall–Kier alpha value is -2.87. The number of imidazole rings is 1. The highest BCUT2D eigenvalue weighted by molar-refractivity contribution is 5.81. The van der Waals surface area contributed by atoms with Crippen molar-refractivity contribution in [3.63, 3.8) is 0 Å². The van der Waals surface area contributed by atoms with Gasteiger partial charge in [0.1, 0.15) is 5.82 Å². The van der Waals surface area contributed by atoms with Gasteiger partial charge in [0.25, 0.3) is 0 Å². The lowest BCUT2D eigenvalue weighted by molar-refractivity contribution is 0.619. The van der Waals surface area contributed by atoms with Gasteiger partial charge >= 0.3 is 0 Å². The van der Waals surface area contributed by atoms with E-state index in [-0.39, 0.29) is 17.2 Å². The highest BCUT2D eigenvalue weighted by Gasteiger charge is 2.13. The third-order valence-electron chi connectivity index (χ3n) is 3.15. The summed E-state index contributed by atoms with van der Waals surface area (Å²) >= 11 is 0. The van der Waals surface area contributed by atoms with Crippen LogP contribution in [0.1, 0.15) is 11.1 Å². The third kappa shape index (κ3) is 1.79. The van der Waals surface area contributed by atoms with Crippen LogP contribution in [0.4, 0.5) is 10.3 Å². The van der Waals surface area contributed by atoms with Crippen LogP contribution in [0.3, 0.4) is 0 Å². The van der Waals surface area contributed by atoms with Crippen molar-refractivity contribution < 1.29 is 4.39 Å². The van der Waals surface area contributed by atoms with E-state index in [1.54, 1.807) is 10.6 Å². The number of anilines is 1. The standard InChI is InChI=1S/C15H11FN4/c1-9-2-4-14-12(6-9)19-15(18)20(14)13-5-3-10(8-17)7-11(13)16/h2-7H,1H3,(H2,18,19). The molecule has 0 bridgehead atoms. The van der Waals surface area contributed by atoms with E-state index in [1.165, 1.54) is 12.1 Å². The smallest absolute Gasteiger partial charge is 0.206 e. The van der Waals surface area contributed by atoms with Crippen molar-refractivity contribution in [3.05, 3.63) is 53.3 Å². The molecule has 1 heterocycles. The molecule has 0 amide bonds. The molecule has 2 aromatic carbocycles. The van der Waals surface area contributed by atoms with Crippen molar-refractivity contribution in [1.82, 2.24) is 9.55 Å². The number of nitrogens with two attached hydrogens (primary N) is 1. The zero-order valence-corrected chi connectivity index (χ0v) is 10.8. The number of nitriles is 1. The van der Waals surface area contributed by atoms with Crippen molar-refractivity contribution in [1.29, 1.82) is 5.26 Å². The highest BCUT2D eigenvalue weighted by atomic mass is 19.1. The molecule has 0 atom stereocenters. The Morgan fingerprint density at radius 2 is 2.05 bits per heavy atom. The Labute approximate surface area is 114 Å². The Morgan fingerprint density at radius 3 is 2.75 bits per heavy atom. The number of fused-ring (bicyclic) bond motifs is 1. The second kappa shape index (κ2) is 4.35. The van der Waals surface area contributed by atoms with Gasteiger partial charge in [0.05, 0.1) is 28.4 Å². The van der Waals surface area contributed by atoms with E-state index in [1.807, 2.05) is 31.2 Å². The van der Waals surface area contributed by atoms with Gasteiger partial charge in [-0.15, -0.1) is 0 Å². The minimum atomic E-state index is -0.504. The van der Waals surface area contributed by atoms with Crippen LogP contribution in [0.25, 0.3) is 16.7 Å². The Kier molecular flexibility index (Phi) is 2.65. The van der Waals surface area contributed by atoms with Crippen molar-refractivity contribution in [2.75, 3.05) is 5.73 Å². The van der Waals surface area contributed by atoms with Gasteiger partial charge in [-0.2, -0.15) is 5.26 Å². The van der Waals surface area contributed by atoms with Crippen LogP contribution in [0, 0.1) is 24.1 Å². The molecule has 0 radical (unpaired) electrons. The maximum atomic E-state index is 14.1. The zero-order valence-electron chi connectivity index (χ0n) is 10.8. The molecular formula is C15H11FN4. The first-order valence-electron chi connectivity index (χ1n) is 6.05. The Bertz CT molecular complexity index is 858. The minimum Gasteiger partial charge on any atom is -0.369 e. The summed E-state index contributed by atoms with van der Waals surface area (Å²) < 4.78 is 15.7. The fourth-order valence-electron chi connectivity index (χ4n) is 2.22. The summed E-state index contributed by atoms with van der Waals surface area (Å²) in [5.41, 5.74) is 8.95. The molecule has 20 heavy (non-hydrogen) atoms. The molecule has 2 N–H and O–H groups in total. The normalized spacial score (nSPS) is 10.7. The van der Waals surface area contributed by atoms with Crippen LogP contribution in [-0.2, 0) is 0 Å². The Balaban J connectivity index is 2.30. The lowest BCUT2D eigenvalue weighted by Gasteiger charge is -2.08. The van der Waals surface area contributed by atoms with E-state index in [2.05, 4.69) is 4.98 Å². The van der Waals surface area contributed by atoms with Crippen LogP contribution in [-0.4, -0.2) is 9.55 Å². The molecular weight excluding hydrogens is 255 g/mol. The monoisotopic (exact) mass is 266 g/mol. The van der Waals surface area contributed by atoms with Crippen molar-refractivity contribution in [2.45, 2.75) is 6.92 Å². The maximum absolute atomic E-state index is 14.1.